The summed E-state index contributed by atoms with van der Waals surface area (Å²) in [5.74, 6) is -0.416. The molecule has 0 saturated carbocycles. The van der Waals surface area contributed by atoms with Crippen LogP contribution in [0.5, 0.6) is 0 Å². The molecule has 0 bridgehead atoms. The average molecular weight is 237 g/mol. The van der Waals surface area contributed by atoms with Crippen LogP contribution in [0.3, 0.4) is 0 Å². The van der Waals surface area contributed by atoms with Crippen molar-refractivity contribution < 1.29 is 4.79 Å². The number of carbonyl (C=O) groups is 1. The number of rotatable bonds is 2. The van der Waals surface area contributed by atoms with Gasteiger partial charge in [-0.05, 0) is 29.8 Å². The first kappa shape index (κ1) is 10.5. The minimum absolute atomic E-state index is 0.416. The maximum Gasteiger partial charge on any atom is 0.248 e. The van der Waals surface area contributed by atoms with Gasteiger partial charge in [0, 0.05) is 28.9 Å². The molecule has 0 atom stereocenters. The van der Waals surface area contributed by atoms with E-state index in [1.165, 1.54) is 0 Å². The van der Waals surface area contributed by atoms with E-state index in [2.05, 4.69) is 16.0 Å². The van der Waals surface area contributed by atoms with Crippen LogP contribution in [0.4, 0.5) is 0 Å². The van der Waals surface area contributed by atoms with Crippen LogP contribution in [-0.2, 0) is 0 Å². The number of aromatic amines is 1. The fourth-order valence-electron chi connectivity index (χ4n) is 1.92. The molecular formula is C14H11N3O. The van der Waals surface area contributed by atoms with Gasteiger partial charge in [0.25, 0.3) is 0 Å². The topological polar surface area (TPSA) is 71.8 Å². The van der Waals surface area contributed by atoms with E-state index < -0.39 is 5.91 Å². The van der Waals surface area contributed by atoms with Crippen molar-refractivity contribution in [2.24, 2.45) is 5.73 Å². The van der Waals surface area contributed by atoms with Crippen LogP contribution < -0.4 is 5.73 Å². The van der Waals surface area contributed by atoms with Gasteiger partial charge in [0.15, 0.2) is 0 Å². The zero-order valence-corrected chi connectivity index (χ0v) is 9.55. The standard InChI is InChI=1S/C14H11N3O/c15-13(18)10-3-1-9(2-4-10)12-7-11-5-6-16-14(11)17-8-12/h1-8H,(H2,15,18)(H,16,17). The lowest BCUT2D eigenvalue weighted by atomic mass is 10.0. The maximum absolute atomic E-state index is 11.0. The van der Waals surface area contributed by atoms with Crippen molar-refractivity contribution in [3.05, 3.63) is 54.4 Å². The molecule has 0 aliphatic heterocycles. The summed E-state index contributed by atoms with van der Waals surface area (Å²) < 4.78 is 0. The zero-order valence-electron chi connectivity index (χ0n) is 9.55. The number of aromatic nitrogens is 2. The Kier molecular flexibility index (Phi) is 2.34. The number of benzene rings is 1. The van der Waals surface area contributed by atoms with Crippen LogP contribution >= 0.6 is 0 Å². The Morgan fingerprint density at radius 1 is 1.11 bits per heavy atom. The summed E-state index contributed by atoms with van der Waals surface area (Å²) in [6, 6.07) is 11.2. The molecule has 2 heterocycles. The molecule has 3 rings (SSSR count). The molecule has 18 heavy (non-hydrogen) atoms. The molecule has 4 heteroatoms. The third-order valence-electron chi connectivity index (χ3n) is 2.90. The molecule has 0 radical (unpaired) electrons. The van der Waals surface area contributed by atoms with Crippen molar-refractivity contribution in [3.63, 3.8) is 0 Å². The molecule has 88 valence electrons. The van der Waals surface area contributed by atoms with E-state index in [4.69, 9.17) is 5.73 Å². The molecule has 3 aromatic rings. The number of hydrogen-bond acceptors (Lipinski definition) is 2. The lowest BCUT2D eigenvalue weighted by molar-refractivity contribution is 0.100. The van der Waals surface area contributed by atoms with Gasteiger partial charge in [-0.25, -0.2) is 4.98 Å². The first-order valence-corrected chi connectivity index (χ1v) is 5.57. The number of nitrogens with two attached hydrogens (primary N) is 1. The van der Waals surface area contributed by atoms with Gasteiger partial charge in [-0.1, -0.05) is 12.1 Å². The van der Waals surface area contributed by atoms with Crippen LogP contribution in [0.2, 0.25) is 0 Å². The number of H-pyrrole nitrogens is 1. The molecule has 0 spiro atoms. The molecule has 0 saturated heterocycles. The minimum Gasteiger partial charge on any atom is -0.366 e. The lowest BCUT2D eigenvalue weighted by Crippen LogP contribution is -2.10. The van der Waals surface area contributed by atoms with Crippen LogP contribution in [0.15, 0.2) is 48.8 Å². The number of hydrogen-bond donors (Lipinski definition) is 2. The Hall–Kier alpha value is -2.62. The Labute approximate surface area is 103 Å². The van der Waals surface area contributed by atoms with Gasteiger partial charge >= 0.3 is 0 Å². The second-order valence-electron chi connectivity index (χ2n) is 4.08. The smallest absolute Gasteiger partial charge is 0.248 e. The van der Waals surface area contributed by atoms with E-state index in [0.29, 0.717) is 5.56 Å². The Balaban J connectivity index is 2.05. The molecular weight excluding hydrogens is 226 g/mol. The van der Waals surface area contributed by atoms with E-state index in [9.17, 15) is 4.79 Å². The molecule has 2 aromatic heterocycles. The van der Waals surface area contributed by atoms with Crippen LogP contribution in [0.1, 0.15) is 10.4 Å². The van der Waals surface area contributed by atoms with Gasteiger partial charge in [0.1, 0.15) is 5.65 Å². The fourth-order valence-corrected chi connectivity index (χ4v) is 1.92. The zero-order chi connectivity index (χ0) is 12.5. The van der Waals surface area contributed by atoms with Gasteiger partial charge in [-0.3, -0.25) is 4.79 Å². The molecule has 0 aliphatic rings. The number of primary amides is 1. The summed E-state index contributed by atoms with van der Waals surface area (Å²) >= 11 is 0. The summed E-state index contributed by atoms with van der Waals surface area (Å²) in [6.07, 6.45) is 3.66. The molecule has 3 N–H and O–H groups in total. The Morgan fingerprint density at radius 3 is 2.61 bits per heavy atom. The summed E-state index contributed by atoms with van der Waals surface area (Å²) in [5.41, 5.74) is 8.61. The maximum atomic E-state index is 11.0. The van der Waals surface area contributed by atoms with Crippen molar-refractivity contribution in [2.75, 3.05) is 0 Å². The number of nitrogens with one attached hydrogen (secondary N) is 1. The predicted molar refractivity (Wildman–Crippen MR) is 70.0 cm³/mol. The number of pyridine rings is 1. The molecule has 0 fully saturated rings. The highest BCUT2D eigenvalue weighted by Gasteiger charge is 2.03. The average Bonchev–Trinajstić information content (AvgIpc) is 2.86. The second kappa shape index (κ2) is 4.00. The van der Waals surface area contributed by atoms with Gasteiger partial charge in [-0.15, -0.1) is 0 Å². The largest absolute Gasteiger partial charge is 0.366 e. The van der Waals surface area contributed by atoms with E-state index in [1.807, 2.05) is 24.4 Å². The van der Waals surface area contributed by atoms with Crippen molar-refractivity contribution in [3.8, 4) is 11.1 Å². The highest BCUT2D eigenvalue weighted by Crippen LogP contribution is 2.22. The summed E-state index contributed by atoms with van der Waals surface area (Å²) in [5, 5.41) is 1.06. The molecule has 4 nitrogen and oxygen atoms in total. The number of nitrogens with zero attached hydrogens (tertiary/aromatic N) is 1. The van der Waals surface area contributed by atoms with Gasteiger partial charge < -0.3 is 10.7 Å². The first-order valence-electron chi connectivity index (χ1n) is 5.57. The van der Waals surface area contributed by atoms with Crippen LogP contribution in [0, 0.1) is 0 Å². The number of amides is 1. The third kappa shape index (κ3) is 1.73. The Bertz CT molecular complexity index is 713. The fraction of sp³-hybridized carbons (Fsp3) is 0. The minimum atomic E-state index is -0.416. The van der Waals surface area contributed by atoms with Crippen molar-refractivity contribution in [1.82, 2.24) is 9.97 Å². The molecule has 1 amide bonds. The highest BCUT2D eigenvalue weighted by molar-refractivity contribution is 5.93. The van der Waals surface area contributed by atoms with Gasteiger partial charge in [0.05, 0.1) is 0 Å². The van der Waals surface area contributed by atoms with E-state index >= 15 is 0 Å². The van der Waals surface area contributed by atoms with Gasteiger partial charge in [0.2, 0.25) is 5.91 Å². The highest BCUT2D eigenvalue weighted by atomic mass is 16.1. The monoisotopic (exact) mass is 237 g/mol. The van der Waals surface area contributed by atoms with Crippen LogP contribution in [-0.4, -0.2) is 15.9 Å². The van der Waals surface area contributed by atoms with E-state index in [0.717, 1.165) is 22.2 Å². The van der Waals surface area contributed by atoms with E-state index in [-0.39, 0.29) is 0 Å². The van der Waals surface area contributed by atoms with Crippen LogP contribution in [0.25, 0.3) is 22.2 Å². The number of carbonyl (C=O) groups excluding carboxylic acids is 1. The number of fused-ring (bicyclic) bond motifs is 1. The first-order chi connectivity index (χ1) is 8.74. The molecule has 1 aromatic carbocycles. The third-order valence-corrected chi connectivity index (χ3v) is 2.90. The summed E-state index contributed by atoms with van der Waals surface area (Å²) in [7, 11) is 0. The lowest BCUT2D eigenvalue weighted by Gasteiger charge is -2.02. The quantitative estimate of drug-likeness (QED) is 0.718. The second-order valence-corrected chi connectivity index (χ2v) is 4.08. The molecule has 0 unspecified atom stereocenters. The Morgan fingerprint density at radius 2 is 1.89 bits per heavy atom. The predicted octanol–water partition coefficient (Wildman–Crippen LogP) is 2.33. The van der Waals surface area contributed by atoms with Crippen molar-refractivity contribution >= 4 is 16.9 Å². The van der Waals surface area contributed by atoms with Crippen molar-refractivity contribution in [1.29, 1.82) is 0 Å². The van der Waals surface area contributed by atoms with Crippen molar-refractivity contribution in [2.45, 2.75) is 0 Å². The summed E-state index contributed by atoms with van der Waals surface area (Å²) in [4.78, 5) is 18.4. The SMILES string of the molecule is NC(=O)c1ccc(-c2cnc3[nH]ccc3c2)cc1. The van der Waals surface area contributed by atoms with E-state index in [1.54, 1.807) is 18.3 Å². The normalized spacial score (nSPS) is 10.7. The molecule has 0 aliphatic carbocycles. The summed E-state index contributed by atoms with van der Waals surface area (Å²) in [6.45, 7) is 0. The van der Waals surface area contributed by atoms with Gasteiger partial charge in [-0.2, -0.15) is 0 Å².